The maximum atomic E-state index is 12.6. The summed E-state index contributed by atoms with van der Waals surface area (Å²) < 4.78 is 0. The number of amides is 1. The molecule has 0 bridgehead atoms. The number of hydrogen-bond acceptors (Lipinski definition) is 5. The highest BCUT2D eigenvalue weighted by molar-refractivity contribution is 6.03. The van der Waals surface area contributed by atoms with E-state index in [1.807, 2.05) is 39.8 Å². The van der Waals surface area contributed by atoms with Gasteiger partial charge in [-0.15, -0.1) is 0 Å². The van der Waals surface area contributed by atoms with Crippen molar-refractivity contribution in [2.45, 2.75) is 47.1 Å². The highest BCUT2D eigenvalue weighted by atomic mass is 16.1. The summed E-state index contributed by atoms with van der Waals surface area (Å²) in [5, 5.41) is 6.19. The molecule has 140 valence electrons. The zero-order chi connectivity index (χ0) is 19.3. The first-order chi connectivity index (χ1) is 12.2. The van der Waals surface area contributed by atoms with Crippen molar-refractivity contribution in [3.8, 4) is 0 Å². The van der Waals surface area contributed by atoms with Gasteiger partial charge in [0.2, 0.25) is 0 Å². The Balaban J connectivity index is 2.16. The van der Waals surface area contributed by atoms with E-state index < -0.39 is 0 Å². The molecule has 0 radical (unpaired) electrons. The van der Waals surface area contributed by atoms with Gasteiger partial charge in [0.1, 0.15) is 17.8 Å². The second-order valence-electron chi connectivity index (χ2n) is 7.29. The topological polar surface area (TPSA) is 70.2 Å². The third-order valence-corrected chi connectivity index (χ3v) is 3.99. The van der Waals surface area contributed by atoms with Gasteiger partial charge in [-0.05, 0) is 65.3 Å². The van der Waals surface area contributed by atoms with E-state index in [0.717, 1.165) is 30.0 Å². The molecular formula is C20H29N5O. The van der Waals surface area contributed by atoms with Crippen LogP contribution < -0.4 is 15.5 Å². The summed E-state index contributed by atoms with van der Waals surface area (Å²) in [6.45, 7) is 14.3. The van der Waals surface area contributed by atoms with Crippen LogP contribution in [0.25, 0.3) is 0 Å². The van der Waals surface area contributed by atoms with Crippen LogP contribution in [0.3, 0.4) is 0 Å². The number of hydrogen-bond donors (Lipinski definition) is 2. The predicted molar refractivity (Wildman–Crippen MR) is 108 cm³/mol. The van der Waals surface area contributed by atoms with Crippen molar-refractivity contribution >= 4 is 23.1 Å². The molecule has 0 fully saturated rings. The van der Waals surface area contributed by atoms with E-state index in [1.54, 1.807) is 6.07 Å². The molecule has 0 unspecified atom stereocenters. The Morgan fingerprint density at radius 3 is 2.38 bits per heavy atom. The number of aryl methyl sites for hydroxylation is 1. The molecule has 2 N–H and O–H groups in total. The van der Waals surface area contributed by atoms with Gasteiger partial charge in [-0.25, -0.2) is 9.97 Å². The van der Waals surface area contributed by atoms with Gasteiger partial charge in [0.25, 0.3) is 5.91 Å². The van der Waals surface area contributed by atoms with Gasteiger partial charge in [0, 0.05) is 36.1 Å². The normalized spacial score (nSPS) is 11.2. The first-order valence-corrected chi connectivity index (χ1v) is 9.00. The van der Waals surface area contributed by atoms with E-state index in [9.17, 15) is 4.79 Å². The van der Waals surface area contributed by atoms with E-state index in [4.69, 9.17) is 0 Å². The third kappa shape index (κ3) is 5.18. The standard InChI is InChI=1S/C20H29N5O/c1-7-25(8-2)15-9-10-16(14(3)11-15)23-19(26)17-12-18(22-13-21-17)24-20(4,5)6/h9-13H,7-8H2,1-6H3,(H,23,26)(H,21,22,24). The summed E-state index contributed by atoms with van der Waals surface area (Å²) in [6.07, 6.45) is 1.40. The zero-order valence-corrected chi connectivity index (χ0v) is 16.6. The van der Waals surface area contributed by atoms with Crippen LogP contribution in [0.2, 0.25) is 0 Å². The van der Waals surface area contributed by atoms with E-state index in [2.05, 4.69) is 45.4 Å². The van der Waals surface area contributed by atoms with Crippen molar-refractivity contribution in [2.24, 2.45) is 0 Å². The van der Waals surface area contributed by atoms with Crippen LogP contribution >= 0.6 is 0 Å². The molecule has 6 heteroatoms. The summed E-state index contributed by atoms with van der Waals surface area (Å²) in [6, 6.07) is 7.73. The lowest BCUT2D eigenvalue weighted by Crippen LogP contribution is -2.27. The van der Waals surface area contributed by atoms with Gasteiger partial charge in [-0.1, -0.05) is 0 Å². The van der Waals surface area contributed by atoms with Crippen LogP contribution in [0.4, 0.5) is 17.2 Å². The Morgan fingerprint density at radius 2 is 1.81 bits per heavy atom. The maximum absolute atomic E-state index is 12.6. The fourth-order valence-corrected chi connectivity index (χ4v) is 2.69. The Hall–Kier alpha value is -2.63. The Labute approximate surface area is 156 Å². The second kappa shape index (κ2) is 8.17. The molecule has 1 amide bonds. The van der Waals surface area contributed by atoms with Crippen LogP contribution in [0.15, 0.2) is 30.6 Å². The monoisotopic (exact) mass is 355 g/mol. The minimum atomic E-state index is -0.247. The van der Waals surface area contributed by atoms with Crippen LogP contribution in [-0.4, -0.2) is 34.5 Å². The van der Waals surface area contributed by atoms with Crippen molar-refractivity contribution < 1.29 is 4.79 Å². The molecule has 26 heavy (non-hydrogen) atoms. The Bertz CT molecular complexity index is 763. The van der Waals surface area contributed by atoms with Crippen LogP contribution in [0.5, 0.6) is 0 Å². The summed E-state index contributed by atoms with van der Waals surface area (Å²) in [7, 11) is 0. The molecule has 0 spiro atoms. The third-order valence-electron chi connectivity index (χ3n) is 3.99. The van der Waals surface area contributed by atoms with Crippen LogP contribution in [-0.2, 0) is 0 Å². The number of nitrogens with zero attached hydrogens (tertiary/aromatic N) is 3. The molecule has 0 aliphatic carbocycles. The first-order valence-electron chi connectivity index (χ1n) is 9.00. The SMILES string of the molecule is CCN(CC)c1ccc(NC(=O)c2cc(NC(C)(C)C)ncn2)c(C)c1. The van der Waals surface area contributed by atoms with Crippen molar-refractivity contribution in [3.63, 3.8) is 0 Å². The molecule has 0 aliphatic rings. The molecule has 6 nitrogen and oxygen atoms in total. The number of carbonyl (C=O) groups is 1. The number of benzene rings is 1. The lowest BCUT2D eigenvalue weighted by Gasteiger charge is -2.22. The quantitative estimate of drug-likeness (QED) is 0.816. The fraction of sp³-hybridized carbons (Fsp3) is 0.450. The molecule has 0 aliphatic heterocycles. The smallest absolute Gasteiger partial charge is 0.274 e. The van der Waals surface area contributed by atoms with Crippen LogP contribution in [0, 0.1) is 6.92 Å². The highest BCUT2D eigenvalue weighted by Crippen LogP contribution is 2.23. The largest absolute Gasteiger partial charge is 0.372 e. The number of aromatic nitrogens is 2. The molecule has 2 aromatic rings. The minimum Gasteiger partial charge on any atom is -0.372 e. The second-order valence-corrected chi connectivity index (χ2v) is 7.29. The summed E-state index contributed by atoms with van der Waals surface area (Å²) in [5.74, 6) is 0.384. The van der Waals surface area contributed by atoms with Crippen molar-refractivity contribution in [1.29, 1.82) is 0 Å². The predicted octanol–water partition coefficient (Wildman–Crippen LogP) is 4.09. The van der Waals surface area contributed by atoms with E-state index in [-0.39, 0.29) is 11.4 Å². The lowest BCUT2D eigenvalue weighted by atomic mass is 10.1. The molecule has 0 atom stereocenters. The first kappa shape index (κ1) is 19.7. The zero-order valence-electron chi connectivity index (χ0n) is 16.6. The van der Waals surface area contributed by atoms with Crippen molar-refractivity contribution in [1.82, 2.24) is 9.97 Å². The minimum absolute atomic E-state index is 0.140. The summed E-state index contributed by atoms with van der Waals surface area (Å²) >= 11 is 0. The van der Waals surface area contributed by atoms with Gasteiger partial charge < -0.3 is 15.5 Å². The molecule has 1 aromatic carbocycles. The number of rotatable bonds is 6. The lowest BCUT2D eigenvalue weighted by molar-refractivity contribution is 0.102. The Morgan fingerprint density at radius 1 is 1.12 bits per heavy atom. The highest BCUT2D eigenvalue weighted by Gasteiger charge is 2.14. The van der Waals surface area contributed by atoms with Gasteiger partial charge in [0.05, 0.1) is 0 Å². The molecule has 1 heterocycles. The molecule has 1 aromatic heterocycles. The van der Waals surface area contributed by atoms with Gasteiger partial charge in [-0.2, -0.15) is 0 Å². The van der Waals surface area contributed by atoms with E-state index in [1.165, 1.54) is 6.33 Å². The average molecular weight is 355 g/mol. The average Bonchev–Trinajstić information content (AvgIpc) is 2.57. The summed E-state index contributed by atoms with van der Waals surface area (Å²) in [4.78, 5) is 23.1. The number of carbonyl (C=O) groups excluding carboxylic acids is 1. The number of anilines is 3. The van der Waals surface area contributed by atoms with Gasteiger partial charge in [0.15, 0.2) is 0 Å². The van der Waals surface area contributed by atoms with E-state index in [0.29, 0.717) is 11.5 Å². The van der Waals surface area contributed by atoms with Crippen LogP contribution in [0.1, 0.15) is 50.7 Å². The van der Waals surface area contributed by atoms with Gasteiger partial charge >= 0.3 is 0 Å². The molecule has 0 saturated heterocycles. The molecular weight excluding hydrogens is 326 g/mol. The maximum Gasteiger partial charge on any atom is 0.274 e. The summed E-state index contributed by atoms with van der Waals surface area (Å²) in [5.41, 5.74) is 3.15. The van der Waals surface area contributed by atoms with Gasteiger partial charge in [-0.3, -0.25) is 4.79 Å². The van der Waals surface area contributed by atoms with E-state index >= 15 is 0 Å². The fourth-order valence-electron chi connectivity index (χ4n) is 2.69. The van der Waals surface area contributed by atoms with Crippen molar-refractivity contribution in [3.05, 3.63) is 41.9 Å². The Kier molecular flexibility index (Phi) is 6.18. The molecule has 2 rings (SSSR count). The number of nitrogens with one attached hydrogen (secondary N) is 2. The molecule has 0 saturated carbocycles. The van der Waals surface area contributed by atoms with Crippen molar-refractivity contribution in [2.75, 3.05) is 28.6 Å².